The van der Waals surface area contributed by atoms with E-state index in [0.717, 1.165) is 42.5 Å². The van der Waals surface area contributed by atoms with Crippen LogP contribution >= 0.6 is 0 Å². The second-order valence-electron chi connectivity index (χ2n) is 5.00. The Bertz CT molecular complexity index is 634. The van der Waals surface area contributed by atoms with Gasteiger partial charge < -0.3 is 14.9 Å². The number of aromatic nitrogens is 1. The molecule has 1 amide bonds. The maximum atomic E-state index is 12.1. The lowest BCUT2D eigenvalue weighted by Gasteiger charge is -2.09. The summed E-state index contributed by atoms with van der Waals surface area (Å²) in [5.41, 5.74) is 2.70. The number of fused-ring (bicyclic) bond motifs is 1. The largest absolute Gasteiger partial charge is 0.508 e. The molecule has 104 valence electrons. The molecule has 0 unspecified atom stereocenters. The van der Waals surface area contributed by atoms with Gasteiger partial charge in [0, 0.05) is 12.1 Å². The molecule has 1 aromatic heterocycles. The summed E-state index contributed by atoms with van der Waals surface area (Å²) in [6.07, 6.45) is 3.91. The molecule has 3 rings (SSSR count). The van der Waals surface area contributed by atoms with E-state index in [1.165, 1.54) is 0 Å². The lowest BCUT2D eigenvalue weighted by atomic mass is 9.96. The summed E-state index contributed by atoms with van der Waals surface area (Å²) in [6, 6.07) is 6.80. The zero-order valence-corrected chi connectivity index (χ0v) is 11.1. The number of phenolic OH excluding ortho intramolecular Hbond substituents is 1. The maximum Gasteiger partial charge on any atom is 0.290 e. The van der Waals surface area contributed by atoms with Crippen LogP contribution in [0.5, 0.6) is 5.75 Å². The molecule has 2 aromatic rings. The fourth-order valence-electron chi connectivity index (χ4n) is 2.50. The number of rotatable bonds is 3. The van der Waals surface area contributed by atoms with E-state index in [-0.39, 0.29) is 11.7 Å². The van der Waals surface area contributed by atoms with Crippen LogP contribution in [0, 0.1) is 0 Å². The van der Waals surface area contributed by atoms with Crippen LogP contribution in [-0.2, 0) is 19.4 Å². The molecule has 5 heteroatoms. The van der Waals surface area contributed by atoms with Gasteiger partial charge in [-0.2, -0.15) is 0 Å². The van der Waals surface area contributed by atoms with E-state index in [9.17, 15) is 9.90 Å². The van der Waals surface area contributed by atoms with Gasteiger partial charge in [0.25, 0.3) is 5.91 Å². The lowest BCUT2D eigenvalue weighted by molar-refractivity contribution is 0.0912. The third-order valence-electron chi connectivity index (χ3n) is 3.53. The molecule has 0 spiro atoms. The van der Waals surface area contributed by atoms with E-state index in [1.807, 2.05) is 6.07 Å². The Morgan fingerprint density at radius 3 is 3.05 bits per heavy atom. The Balaban J connectivity index is 1.69. The van der Waals surface area contributed by atoms with Crippen LogP contribution in [0.2, 0.25) is 0 Å². The molecule has 0 bridgehead atoms. The van der Waals surface area contributed by atoms with Crippen molar-refractivity contribution in [3.05, 3.63) is 46.8 Å². The number of benzene rings is 1. The second kappa shape index (κ2) is 5.36. The Kier molecular flexibility index (Phi) is 3.41. The van der Waals surface area contributed by atoms with Crippen LogP contribution in [0.3, 0.4) is 0 Å². The van der Waals surface area contributed by atoms with Crippen molar-refractivity contribution in [1.29, 1.82) is 0 Å². The van der Waals surface area contributed by atoms with Crippen molar-refractivity contribution in [2.75, 3.05) is 0 Å². The van der Waals surface area contributed by atoms with Gasteiger partial charge in [-0.05, 0) is 43.4 Å². The van der Waals surface area contributed by atoms with Crippen molar-refractivity contribution in [3.63, 3.8) is 0 Å². The summed E-state index contributed by atoms with van der Waals surface area (Å²) in [7, 11) is 0. The van der Waals surface area contributed by atoms with Crippen LogP contribution in [0.1, 0.15) is 40.2 Å². The molecule has 0 saturated heterocycles. The molecule has 20 heavy (non-hydrogen) atoms. The summed E-state index contributed by atoms with van der Waals surface area (Å²) in [4.78, 5) is 12.1. The number of hydrogen-bond acceptors (Lipinski definition) is 4. The Morgan fingerprint density at radius 1 is 1.35 bits per heavy atom. The fourth-order valence-corrected chi connectivity index (χ4v) is 2.50. The highest BCUT2D eigenvalue weighted by atomic mass is 16.5. The van der Waals surface area contributed by atoms with Crippen LogP contribution in [-0.4, -0.2) is 16.2 Å². The quantitative estimate of drug-likeness (QED) is 0.898. The van der Waals surface area contributed by atoms with Crippen LogP contribution in [0.4, 0.5) is 0 Å². The highest BCUT2D eigenvalue weighted by molar-refractivity contribution is 5.93. The average Bonchev–Trinajstić information content (AvgIpc) is 2.89. The third-order valence-corrected chi connectivity index (χ3v) is 3.53. The van der Waals surface area contributed by atoms with Crippen molar-refractivity contribution < 1.29 is 14.4 Å². The van der Waals surface area contributed by atoms with Gasteiger partial charge in [0.1, 0.15) is 5.75 Å². The van der Waals surface area contributed by atoms with Gasteiger partial charge in [0.2, 0.25) is 5.76 Å². The summed E-state index contributed by atoms with van der Waals surface area (Å²) in [5, 5.41) is 16.1. The fraction of sp³-hybridized carbons (Fsp3) is 0.333. The minimum Gasteiger partial charge on any atom is -0.508 e. The van der Waals surface area contributed by atoms with E-state index in [1.54, 1.807) is 18.2 Å². The second-order valence-corrected chi connectivity index (χ2v) is 5.00. The van der Waals surface area contributed by atoms with Gasteiger partial charge in [-0.1, -0.05) is 17.3 Å². The first-order chi connectivity index (χ1) is 9.74. The summed E-state index contributed by atoms with van der Waals surface area (Å²) in [5.74, 6) is 0.276. The molecule has 5 nitrogen and oxygen atoms in total. The molecular weight excluding hydrogens is 256 g/mol. The number of phenols is 1. The summed E-state index contributed by atoms with van der Waals surface area (Å²) in [6.45, 7) is 0.350. The Hall–Kier alpha value is -2.30. The normalized spacial score (nSPS) is 13.8. The first kappa shape index (κ1) is 12.7. The lowest BCUT2D eigenvalue weighted by Crippen LogP contribution is -2.23. The molecule has 0 saturated carbocycles. The SMILES string of the molecule is O=C(NCc1cccc(O)c1)c1onc2c1CCCC2. The van der Waals surface area contributed by atoms with Gasteiger partial charge in [0.15, 0.2) is 0 Å². The number of aryl methyl sites for hydroxylation is 1. The van der Waals surface area contributed by atoms with Crippen LogP contribution < -0.4 is 5.32 Å². The maximum absolute atomic E-state index is 12.1. The van der Waals surface area contributed by atoms with E-state index in [4.69, 9.17) is 4.52 Å². The van der Waals surface area contributed by atoms with E-state index >= 15 is 0 Å². The Morgan fingerprint density at radius 2 is 2.20 bits per heavy atom. The van der Waals surface area contributed by atoms with Gasteiger partial charge in [-0.25, -0.2) is 0 Å². The number of aromatic hydroxyl groups is 1. The number of carbonyl (C=O) groups excluding carboxylic acids is 1. The predicted octanol–water partition coefficient (Wildman–Crippen LogP) is 2.19. The van der Waals surface area contributed by atoms with Crippen molar-refractivity contribution >= 4 is 5.91 Å². The standard InChI is InChI=1S/C15H16N2O3/c18-11-5-3-4-10(8-11)9-16-15(19)14-12-6-1-2-7-13(12)17-20-14/h3-5,8,18H,1-2,6-7,9H2,(H,16,19). The van der Waals surface area contributed by atoms with E-state index in [2.05, 4.69) is 10.5 Å². The van der Waals surface area contributed by atoms with Crippen molar-refractivity contribution in [2.24, 2.45) is 0 Å². The van der Waals surface area contributed by atoms with Crippen molar-refractivity contribution in [1.82, 2.24) is 10.5 Å². The van der Waals surface area contributed by atoms with Gasteiger partial charge in [0.05, 0.1) is 5.69 Å². The number of nitrogens with one attached hydrogen (secondary N) is 1. The third kappa shape index (κ3) is 2.52. The highest BCUT2D eigenvalue weighted by Gasteiger charge is 2.23. The molecule has 0 fully saturated rings. The van der Waals surface area contributed by atoms with Crippen LogP contribution in [0.25, 0.3) is 0 Å². The summed E-state index contributed by atoms with van der Waals surface area (Å²) >= 11 is 0. The first-order valence-corrected chi connectivity index (χ1v) is 6.77. The first-order valence-electron chi connectivity index (χ1n) is 6.77. The minimum absolute atomic E-state index is 0.189. The highest BCUT2D eigenvalue weighted by Crippen LogP contribution is 2.23. The molecule has 2 N–H and O–H groups in total. The monoisotopic (exact) mass is 272 g/mol. The van der Waals surface area contributed by atoms with Gasteiger partial charge in [-0.15, -0.1) is 0 Å². The molecule has 1 aromatic carbocycles. The molecule has 0 atom stereocenters. The van der Waals surface area contributed by atoms with Crippen LogP contribution in [0.15, 0.2) is 28.8 Å². The van der Waals surface area contributed by atoms with Crippen molar-refractivity contribution in [2.45, 2.75) is 32.2 Å². The van der Waals surface area contributed by atoms with E-state index < -0.39 is 0 Å². The topological polar surface area (TPSA) is 75.4 Å². The smallest absolute Gasteiger partial charge is 0.290 e. The molecule has 1 aliphatic carbocycles. The minimum atomic E-state index is -0.246. The van der Waals surface area contributed by atoms with Crippen molar-refractivity contribution in [3.8, 4) is 5.75 Å². The molecule has 0 radical (unpaired) electrons. The zero-order valence-electron chi connectivity index (χ0n) is 11.1. The van der Waals surface area contributed by atoms with Gasteiger partial charge in [-0.3, -0.25) is 4.79 Å². The van der Waals surface area contributed by atoms with Gasteiger partial charge >= 0.3 is 0 Å². The molecule has 1 aliphatic rings. The average molecular weight is 272 g/mol. The predicted molar refractivity (Wildman–Crippen MR) is 72.4 cm³/mol. The zero-order chi connectivity index (χ0) is 13.9. The molecule has 1 heterocycles. The number of carbonyl (C=O) groups is 1. The molecule has 0 aliphatic heterocycles. The number of hydrogen-bond donors (Lipinski definition) is 2. The number of amides is 1. The summed E-state index contributed by atoms with van der Waals surface area (Å²) < 4.78 is 5.18. The Labute approximate surface area is 116 Å². The number of nitrogens with zero attached hydrogens (tertiary/aromatic N) is 1. The molecular formula is C15H16N2O3. The van der Waals surface area contributed by atoms with E-state index in [0.29, 0.717) is 12.3 Å².